The van der Waals surface area contributed by atoms with Crippen LogP contribution < -0.4 is 11.3 Å². The van der Waals surface area contributed by atoms with Crippen LogP contribution in [0.1, 0.15) is 43.0 Å². The summed E-state index contributed by atoms with van der Waals surface area (Å²) in [6.07, 6.45) is 1.13. The Labute approximate surface area is 92.8 Å². The number of rotatable bonds is 4. The van der Waals surface area contributed by atoms with Gasteiger partial charge in [-0.15, -0.1) is 0 Å². The van der Waals surface area contributed by atoms with E-state index in [1.54, 1.807) is 0 Å². The van der Waals surface area contributed by atoms with Crippen LogP contribution in [0.15, 0.2) is 18.2 Å². The fourth-order valence-corrected chi connectivity index (χ4v) is 1.78. The zero-order valence-electron chi connectivity index (χ0n) is 10.2. The lowest BCUT2D eigenvalue weighted by atomic mass is 9.91. The molecule has 15 heavy (non-hydrogen) atoms. The van der Waals surface area contributed by atoms with Gasteiger partial charge in [-0.25, -0.2) is 0 Å². The van der Waals surface area contributed by atoms with Crippen LogP contribution in [0.3, 0.4) is 0 Å². The van der Waals surface area contributed by atoms with Gasteiger partial charge in [0.15, 0.2) is 0 Å². The molecule has 0 spiro atoms. The van der Waals surface area contributed by atoms with E-state index in [0.29, 0.717) is 5.92 Å². The van der Waals surface area contributed by atoms with E-state index in [2.05, 4.69) is 51.3 Å². The molecule has 1 rings (SSSR count). The van der Waals surface area contributed by atoms with Gasteiger partial charge >= 0.3 is 0 Å². The number of hydrogen-bond donors (Lipinski definition) is 2. The summed E-state index contributed by atoms with van der Waals surface area (Å²) < 4.78 is 0. The normalized spacial score (nSPS) is 15.0. The molecular weight excluding hydrogens is 184 g/mol. The first-order valence-electron chi connectivity index (χ1n) is 5.63. The Hall–Kier alpha value is -0.860. The second-order valence-electron chi connectivity index (χ2n) is 4.37. The lowest BCUT2D eigenvalue weighted by molar-refractivity contribution is 0.383. The first-order chi connectivity index (χ1) is 7.10. The molecule has 2 atom stereocenters. The van der Waals surface area contributed by atoms with E-state index in [9.17, 15) is 0 Å². The summed E-state index contributed by atoms with van der Waals surface area (Å²) in [5.74, 6) is 6.17. The Morgan fingerprint density at radius 3 is 2.40 bits per heavy atom. The molecule has 0 bridgehead atoms. The number of nitrogens with one attached hydrogen (secondary N) is 1. The lowest BCUT2D eigenvalue weighted by Crippen LogP contribution is -2.32. The number of benzene rings is 1. The van der Waals surface area contributed by atoms with Crippen LogP contribution >= 0.6 is 0 Å². The Balaban J connectivity index is 2.97. The highest BCUT2D eigenvalue weighted by atomic mass is 15.2. The highest BCUT2D eigenvalue weighted by Crippen LogP contribution is 2.25. The molecule has 1 aromatic carbocycles. The fourth-order valence-electron chi connectivity index (χ4n) is 1.78. The van der Waals surface area contributed by atoms with Crippen LogP contribution in [0.4, 0.5) is 0 Å². The number of hydrogen-bond acceptors (Lipinski definition) is 2. The third kappa shape index (κ3) is 2.80. The number of hydrazine groups is 1. The van der Waals surface area contributed by atoms with Crippen molar-refractivity contribution in [2.24, 2.45) is 11.8 Å². The first kappa shape index (κ1) is 12.2. The van der Waals surface area contributed by atoms with Gasteiger partial charge in [0.1, 0.15) is 0 Å². The minimum atomic E-state index is 0.259. The van der Waals surface area contributed by atoms with Gasteiger partial charge in [0, 0.05) is 6.04 Å². The molecule has 1 aromatic rings. The smallest absolute Gasteiger partial charge is 0.0485 e. The Morgan fingerprint density at radius 2 is 1.93 bits per heavy atom. The van der Waals surface area contributed by atoms with E-state index < -0.39 is 0 Å². The summed E-state index contributed by atoms with van der Waals surface area (Å²) in [4.78, 5) is 0. The Kier molecular flexibility index (Phi) is 4.30. The zero-order valence-corrected chi connectivity index (χ0v) is 10.2. The molecule has 0 saturated heterocycles. The SMILES string of the molecule is CCC(C)C(NN)c1ccc(C)c(C)c1. The topological polar surface area (TPSA) is 38.0 Å². The van der Waals surface area contributed by atoms with Crippen LogP contribution in [0.5, 0.6) is 0 Å². The Bertz CT molecular complexity index is 320. The van der Waals surface area contributed by atoms with Crippen molar-refractivity contribution < 1.29 is 0 Å². The van der Waals surface area contributed by atoms with Crippen molar-refractivity contribution in [3.05, 3.63) is 34.9 Å². The zero-order chi connectivity index (χ0) is 11.4. The van der Waals surface area contributed by atoms with E-state index in [-0.39, 0.29) is 6.04 Å². The van der Waals surface area contributed by atoms with Gasteiger partial charge in [-0.1, -0.05) is 38.5 Å². The minimum Gasteiger partial charge on any atom is -0.271 e. The summed E-state index contributed by atoms with van der Waals surface area (Å²) in [5, 5.41) is 0. The standard InChI is InChI=1S/C13H22N2/c1-5-9(2)13(15-14)12-7-6-10(3)11(4)8-12/h6-9,13,15H,5,14H2,1-4H3. The summed E-state index contributed by atoms with van der Waals surface area (Å²) in [7, 11) is 0. The van der Waals surface area contributed by atoms with Crippen LogP contribution in [-0.4, -0.2) is 0 Å². The van der Waals surface area contributed by atoms with Crippen molar-refractivity contribution in [1.82, 2.24) is 5.43 Å². The fraction of sp³-hybridized carbons (Fsp3) is 0.538. The molecule has 2 heteroatoms. The van der Waals surface area contributed by atoms with E-state index in [1.807, 2.05) is 0 Å². The van der Waals surface area contributed by atoms with Crippen LogP contribution in [0.25, 0.3) is 0 Å². The molecule has 0 heterocycles. The van der Waals surface area contributed by atoms with Gasteiger partial charge in [0.05, 0.1) is 0 Å². The molecule has 0 aliphatic carbocycles. The maximum atomic E-state index is 5.62. The summed E-state index contributed by atoms with van der Waals surface area (Å²) >= 11 is 0. The molecular formula is C13H22N2. The predicted octanol–water partition coefficient (Wildman–Crippen LogP) is 2.85. The van der Waals surface area contributed by atoms with E-state index in [0.717, 1.165) is 6.42 Å². The molecule has 0 fully saturated rings. The quantitative estimate of drug-likeness (QED) is 0.587. The summed E-state index contributed by atoms with van der Waals surface area (Å²) in [6.45, 7) is 8.69. The molecule has 0 amide bonds. The van der Waals surface area contributed by atoms with Gasteiger partial charge in [0.25, 0.3) is 0 Å². The molecule has 0 aliphatic rings. The molecule has 0 saturated carbocycles. The first-order valence-corrected chi connectivity index (χ1v) is 5.63. The van der Waals surface area contributed by atoms with E-state index in [4.69, 9.17) is 5.84 Å². The van der Waals surface area contributed by atoms with Crippen molar-refractivity contribution in [1.29, 1.82) is 0 Å². The van der Waals surface area contributed by atoms with Crippen LogP contribution in [0, 0.1) is 19.8 Å². The monoisotopic (exact) mass is 206 g/mol. The third-order valence-corrected chi connectivity index (χ3v) is 3.28. The summed E-state index contributed by atoms with van der Waals surface area (Å²) in [5.41, 5.74) is 6.86. The largest absolute Gasteiger partial charge is 0.271 e. The van der Waals surface area contributed by atoms with Crippen LogP contribution in [-0.2, 0) is 0 Å². The van der Waals surface area contributed by atoms with E-state index >= 15 is 0 Å². The van der Waals surface area contributed by atoms with Gasteiger partial charge < -0.3 is 0 Å². The van der Waals surface area contributed by atoms with Crippen molar-refractivity contribution in [3.8, 4) is 0 Å². The average molecular weight is 206 g/mol. The molecule has 84 valence electrons. The van der Waals surface area contributed by atoms with Crippen molar-refractivity contribution in [2.45, 2.75) is 40.2 Å². The van der Waals surface area contributed by atoms with Crippen molar-refractivity contribution >= 4 is 0 Å². The van der Waals surface area contributed by atoms with Gasteiger partial charge in [-0.05, 0) is 36.5 Å². The van der Waals surface area contributed by atoms with Crippen molar-refractivity contribution in [3.63, 3.8) is 0 Å². The second kappa shape index (κ2) is 5.29. The second-order valence-corrected chi connectivity index (χ2v) is 4.37. The number of aryl methyl sites for hydroxylation is 2. The Morgan fingerprint density at radius 1 is 1.27 bits per heavy atom. The molecule has 0 aliphatic heterocycles. The molecule has 3 N–H and O–H groups in total. The third-order valence-electron chi connectivity index (χ3n) is 3.28. The molecule has 2 nitrogen and oxygen atoms in total. The molecule has 0 radical (unpaired) electrons. The predicted molar refractivity (Wildman–Crippen MR) is 65.4 cm³/mol. The number of nitrogens with two attached hydrogens (primary N) is 1. The molecule has 0 aromatic heterocycles. The lowest BCUT2D eigenvalue weighted by Gasteiger charge is -2.23. The van der Waals surface area contributed by atoms with Gasteiger partial charge in [-0.2, -0.15) is 0 Å². The minimum absolute atomic E-state index is 0.259. The van der Waals surface area contributed by atoms with Gasteiger partial charge in [-0.3, -0.25) is 11.3 Å². The average Bonchev–Trinajstić information content (AvgIpc) is 2.24. The van der Waals surface area contributed by atoms with Crippen LogP contribution in [0.2, 0.25) is 0 Å². The van der Waals surface area contributed by atoms with Crippen molar-refractivity contribution in [2.75, 3.05) is 0 Å². The maximum absolute atomic E-state index is 5.62. The highest BCUT2D eigenvalue weighted by molar-refractivity contribution is 5.31. The highest BCUT2D eigenvalue weighted by Gasteiger charge is 2.16. The van der Waals surface area contributed by atoms with Gasteiger partial charge in [0.2, 0.25) is 0 Å². The molecule has 2 unspecified atom stereocenters. The van der Waals surface area contributed by atoms with E-state index in [1.165, 1.54) is 16.7 Å². The summed E-state index contributed by atoms with van der Waals surface area (Å²) in [6, 6.07) is 6.82. The maximum Gasteiger partial charge on any atom is 0.0485 e.